The topological polar surface area (TPSA) is 77.8 Å². The fourth-order valence-electron chi connectivity index (χ4n) is 4.07. The van der Waals surface area contributed by atoms with Gasteiger partial charge in [0.05, 0.1) is 18.2 Å². The van der Waals surface area contributed by atoms with E-state index in [1.54, 1.807) is 0 Å². The molecule has 2 heterocycles. The van der Waals surface area contributed by atoms with Crippen LogP contribution < -0.4 is 10.3 Å². The Labute approximate surface area is 192 Å². The summed E-state index contributed by atoms with van der Waals surface area (Å²) >= 11 is 6.09. The second-order valence-electron chi connectivity index (χ2n) is 8.42. The molecule has 10 heteroatoms. The number of ether oxygens (including phenoxy) is 2. The summed E-state index contributed by atoms with van der Waals surface area (Å²) in [5.41, 5.74) is 0.416. The number of hydrogen-bond donors (Lipinski definition) is 1. The number of alkyl halides is 3. The molecule has 0 bridgehead atoms. The normalized spacial score (nSPS) is 19.3. The van der Waals surface area contributed by atoms with Gasteiger partial charge < -0.3 is 14.6 Å². The van der Waals surface area contributed by atoms with Gasteiger partial charge in [0, 0.05) is 29.7 Å². The molecule has 1 aromatic carbocycles. The Bertz CT molecular complexity index is 1100. The van der Waals surface area contributed by atoms with Crippen LogP contribution in [0, 0.1) is 5.92 Å². The van der Waals surface area contributed by atoms with Crippen LogP contribution in [-0.4, -0.2) is 41.1 Å². The first kappa shape index (κ1) is 23.6. The summed E-state index contributed by atoms with van der Waals surface area (Å²) in [7, 11) is 0. The fraction of sp³-hybridized carbons (Fsp3) is 0.478. The van der Waals surface area contributed by atoms with E-state index >= 15 is 0 Å². The van der Waals surface area contributed by atoms with Crippen molar-refractivity contribution in [3.8, 4) is 16.9 Å². The predicted molar refractivity (Wildman–Crippen MR) is 115 cm³/mol. The summed E-state index contributed by atoms with van der Waals surface area (Å²) in [6.45, 7) is -0.500. The minimum absolute atomic E-state index is 0.00164. The van der Waals surface area contributed by atoms with Gasteiger partial charge in [-0.25, -0.2) is 4.79 Å². The molecule has 178 valence electrons. The summed E-state index contributed by atoms with van der Waals surface area (Å²) in [5, 5.41) is 10.0. The zero-order chi connectivity index (χ0) is 23.8. The average Bonchev–Trinajstić information content (AvgIpc) is 2.69. The van der Waals surface area contributed by atoms with Gasteiger partial charge in [-0.1, -0.05) is 17.7 Å². The SMILES string of the molecule is O=C(O)C(CCOC1CCC1)n1cc2c(cc1=O)-c1cc(Cl)ccc1CC(C(F)(F)F)CO2. The van der Waals surface area contributed by atoms with Gasteiger partial charge in [0.1, 0.15) is 18.4 Å². The molecule has 0 amide bonds. The van der Waals surface area contributed by atoms with Gasteiger partial charge in [0.25, 0.3) is 5.56 Å². The van der Waals surface area contributed by atoms with E-state index in [1.165, 1.54) is 30.5 Å². The highest BCUT2D eigenvalue weighted by Crippen LogP contribution is 2.40. The third kappa shape index (κ3) is 5.19. The number of carbonyl (C=O) groups is 1. The standard InChI is InChI=1S/C23H23ClF3NO5/c24-15-5-4-13-8-14(23(25,26)27)12-33-20-11-28(21(29)10-18(20)17(13)9-15)19(22(30)31)6-7-32-16-2-1-3-16/h4-5,9-11,14,16,19H,1-3,6-8,12H2,(H,30,31). The first-order valence-corrected chi connectivity index (χ1v) is 11.1. The molecular formula is C23H23ClF3NO5. The summed E-state index contributed by atoms with van der Waals surface area (Å²) in [6.07, 6.45) is -0.573. The molecule has 6 nitrogen and oxygen atoms in total. The monoisotopic (exact) mass is 485 g/mol. The molecule has 1 fully saturated rings. The Kier molecular flexibility index (Phi) is 6.72. The lowest BCUT2D eigenvalue weighted by Gasteiger charge is -2.28. The number of nitrogens with zero attached hydrogens (tertiary/aromatic N) is 1. The number of hydrogen-bond acceptors (Lipinski definition) is 4. The van der Waals surface area contributed by atoms with E-state index < -0.39 is 36.3 Å². The summed E-state index contributed by atoms with van der Waals surface area (Å²) in [6, 6.07) is 4.45. The molecule has 1 N–H and O–H groups in total. The number of aromatic nitrogens is 1. The van der Waals surface area contributed by atoms with Crippen molar-refractivity contribution in [1.82, 2.24) is 4.57 Å². The van der Waals surface area contributed by atoms with Crippen LogP contribution in [0.3, 0.4) is 0 Å². The molecule has 1 aliphatic heterocycles. The van der Waals surface area contributed by atoms with E-state index in [2.05, 4.69) is 0 Å². The number of aliphatic carboxylic acids is 1. The lowest BCUT2D eigenvalue weighted by molar-refractivity contribution is -0.181. The maximum atomic E-state index is 13.6. The molecule has 0 radical (unpaired) electrons. The van der Waals surface area contributed by atoms with Crippen LogP contribution >= 0.6 is 11.6 Å². The quantitative estimate of drug-likeness (QED) is 0.632. The van der Waals surface area contributed by atoms with Crippen molar-refractivity contribution in [2.75, 3.05) is 13.2 Å². The third-order valence-corrected chi connectivity index (χ3v) is 6.43. The Balaban J connectivity index is 1.72. The third-order valence-electron chi connectivity index (χ3n) is 6.19. The maximum absolute atomic E-state index is 13.6. The number of halogens is 4. The molecule has 4 rings (SSSR count). The van der Waals surface area contributed by atoms with E-state index in [0.29, 0.717) is 16.1 Å². The smallest absolute Gasteiger partial charge is 0.395 e. The van der Waals surface area contributed by atoms with Crippen molar-refractivity contribution in [2.45, 2.75) is 50.4 Å². The zero-order valence-corrected chi connectivity index (χ0v) is 18.4. The van der Waals surface area contributed by atoms with Gasteiger partial charge in [0.2, 0.25) is 0 Å². The maximum Gasteiger partial charge on any atom is 0.395 e. The lowest BCUT2D eigenvalue weighted by Crippen LogP contribution is -2.34. The van der Waals surface area contributed by atoms with Crippen molar-refractivity contribution in [3.05, 3.63) is 51.4 Å². The highest BCUT2D eigenvalue weighted by atomic mass is 35.5. The zero-order valence-electron chi connectivity index (χ0n) is 17.6. The van der Waals surface area contributed by atoms with Gasteiger partial charge in [-0.15, -0.1) is 0 Å². The van der Waals surface area contributed by atoms with Crippen LogP contribution in [-0.2, 0) is 16.0 Å². The second-order valence-corrected chi connectivity index (χ2v) is 8.85. The number of fused-ring (bicyclic) bond motifs is 3. The van der Waals surface area contributed by atoms with Crippen molar-refractivity contribution in [3.63, 3.8) is 0 Å². The first-order valence-electron chi connectivity index (χ1n) is 10.7. The van der Waals surface area contributed by atoms with E-state index in [9.17, 15) is 27.9 Å². The number of carboxylic acid groups (broad SMARTS) is 1. The Morgan fingerprint density at radius 3 is 2.67 bits per heavy atom. The van der Waals surface area contributed by atoms with Crippen LogP contribution in [0.1, 0.15) is 37.3 Å². The average molecular weight is 486 g/mol. The predicted octanol–water partition coefficient (Wildman–Crippen LogP) is 4.87. The summed E-state index contributed by atoms with van der Waals surface area (Å²) in [5.74, 6) is -3.01. The van der Waals surface area contributed by atoms with E-state index in [0.717, 1.165) is 23.8 Å². The van der Waals surface area contributed by atoms with E-state index in [-0.39, 0.29) is 36.9 Å². The Hall–Kier alpha value is -2.52. The molecule has 2 atom stereocenters. The molecule has 2 unspecified atom stereocenters. The van der Waals surface area contributed by atoms with Crippen LogP contribution in [0.15, 0.2) is 35.3 Å². The highest BCUT2D eigenvalue weighted by Gasteiger charge is 2.41. The first-order chi connectivity index (χ1) is 15.6. The summed E-state index contributed by atoms with van der Waals surface area (Å²) in [4.78, 5) is 24.8. The molecule has 2 aliphatic rings. The molecule has 0 spiro atoms. The minimum Gasteiger partial charge on any atom is -0.491 e. The molecule has 1 aliphatic carbocycles. The lowest BCUT2D eigenvalue weighted by atomic mass is 9.91. The van der Waals surface area contributed by atoms with Crippen LogP contribution in [0.4, 0.5) is 13.2 Å². The van der Waals surface area contributed by atoms with Crippen LogP contribution in [0.25, 0.3) is 11.1 Å². The van der Waals surface area contributed by atoms with E-state index in [4.69, 9.17) is 21.1 Å². The van der Waals surface area contributed by atoms with Gasteiger partial charge in [-0.3, -0.25) is 9.36 Å². The van der Waals surface area contributed by atoms with Gasteiger partial charge >= 0.3 is 12.1 Å². The van der Waals surface area contributed by atoms with Gasteiger partial charge in [-0.05, 0) is 48.9 Å². The van der Waals surface area contributed by atoms with Crippen molar-refractivity contribution in [1.29, 1.82) is 0 Å². The molecule has 33 heavy (non-hydrogen) atoms. The second kappa shape index (κ2) is 9.38. The number of pyridine rings is 1. The molecular weight excluding hydrogens is 463 g/mol. The fourth-order valence-corrected chi connectivity index (χ4v) is 4.24. The van der Waals surface area contributed by atoms with Crippen LogP contribution in [0.2, 0.25) is 5.02 Å². The molecule has 1 aromatic heterocycles. The van der Waals surface area contributed by atoms with Crippen molar-refractivity contribution >= 4 is 17.6 Å². The number of carboxylic acids is 1. The van der Waals surface area contributed by atoms with Gasteiger partial charge in [0.15, 0.2) is 0 Å². The Morgan fingerprint density at radius 1 is 1.27 bits per heavy atom. The van der Waals surface area contributed by atoms with Gasteiger partial charge in [-0.2, -0.15) is 13.2 Å². The minimum atomic E-state index is -4.49. The molecule has 0 saturated heterocycles. The van der Waals surface area contributed by atoms with Crippen molar-refractivity contribution < 1.29 is 32.5 Å². The largest absolute Gasteiger partial charge is 0.491 e. The summed E-state index contributed by atoms with van der Waals surface area (Å²) < 4.78 is 52.8. The number of rotatable bonds is 6. The van der Waals surface area contributed by atoms with Crippen molar-refractivity contribution in [2.24, 2.45) is 5.92 Å². The number of benzene rings is 1. The highest BCUT2D eigenvalue weighted by molar-refractivity contribution is 6.30. The van der Waals surface area contributed by atoms with E-state index in [1.807, 2.05) is 0 Å². The van der Waals surface area contributed by atoms with Crippen LogP contribution in [0.5, 0.6) is 5.75 Å². The molecule has 1 saturated carbocycles. The molecule has 2 aromatic rings. The Morgan fingerprint density at radius 2 is 2.03 bits per heavy atom.